The molecule has 5 nitrogen and oxygen atoms in total. The van der Waals surface area contributed by atoms with Gasteiger partial charge in [-0.3, -0.25) is 0 Å². The minimum absolute atomic E-state index is 0.00476. The highest BCUT2D eigenvalue weighted by Gasteiger charge is 2.39. The van der Waals surface area contributed by atoms with Gasteiger partial charge in [0.05, 0.1) is 21.6 Å². The van der Waals surface area contributed by atoms with Crippen LogP contribution < -0.4 is 0 Å². The summed E-state index contributed by atoms with van der Waals surface area (Å²) < 4.78 is 51.3. The van der Waals surface area contributed by atoms with Crippen molar-refractivity contribution in [3.63, 3.8) is 0 Å². The number of hydrogen-bond donors (Lipinski definition) is 0. The van der Waals surface area contributed by atoms with Crippen molar-refractivity contribution in [3.05, 3.63) is 26.7 Å². The third-order valence-corrected chi connectivity index (χ3v) is 8.67. The average Bonchev–Trinajstić information content (AvgIpc) is 2.74. The van der Waals surface area contributed by atoms with Crippen molar-refractivity contribution < 1.29 is 16.8 Å². The van der Waals surface area contributed by atoms with Gasteiger partial charge < -0.3 is 0 Å². The average molecular weight is 465 g/mol. The summed E-state index contributed by atoms with van der Waals surface area (Å²) in [4.78, 5) is -0.179. The van der Waals surface area contributed by atoms with Crippen molar-refractivity contribution >= 4 is 59.0 Å². The molecule has 0 saturated carbocycles. The fourth-order valence-electron chi connectivity index (χ4n) is 2.61. The summed E-state index contributed by atoms with van der Waals surface area (Å²) in [6.07, 6.45) is 0.842. The Hall–Kier alpha value is 0.140. The lowest BCUT2D eigenvalue weighted by molar-refractivity contribution is 0.340. The molecular weight excluding hydrogens is 449 g/mol. The van der Waals surface area contributed by atoms with Gasteiger partial charge in [0.15, 0.2) is 9.84 Å². The quantitative estimate of drug-likeness (QED) is 0.669. The molecule has 2 rings (SSSR count). The van der Waals surface area contributed by atoms with E-state index in [1.807, 2.05) is 6.92 Å². The number of sulfonamides is 1. The molecule has 0 aromatic heterocycles. The molecule has 0 bridgehead atoms. The Morgan fingerprint density at radius 1 is 1.30 bits per heavy atom. The van der Waals surface area contributed by atoms with Crippen molar-refractivity contribution in [2.24, 2.45) is 0 Å². The van der Waals surface area contributed by atoms with Crippen LogP contribution in [-0.4, -0.2) is 45.2 Å². The van der Waals surface area contributed by atoms with Crippen LogP contribution in [0.15, 0.2) is 21.5 Å². The lowest BCUT2D eigenvalue weighted by Crippen LogP contribution is -2.41. The molecule has 1 aromatic rings. The molecule has 0 amide bonds. The van der Waals surface area contributed by atoms with Crippen LogP contribution >= 0.6 is 39.1 Å². The van der Waals surface area contributed by atoms with Gasteiger partial charge in [0.2, 0.25) is 10.0 Å². The van der Waals surface area contributed by atoms with E-state index >= 15 is 0 Å². The van der Waals surface area contributed by atoms with Crippen molar-refractivity contribution in [2.75, 3.05) is 18.1 Å². The van der Waals surface area contributed by atoms with Gasteiger partial charge in [-0.15, -0.1) is 0 Å². The highest BCUT2D eigenvalue weighted by atomic mass is 79.9. The van der Waals surface area contributed by atoms with E-state index < -0.39 is 25.9 Å². The SMILES string of the molecule is CCCN(C1CCS(=O)(=O)C1)S(=O)(=O)c1c(Cl)cc(Br)cc1Cl. The van der Waals surface area contributed by atoms with Crippen molar-refractivity contribution in [3.8, 4) is 0 Å². The van der Waals surface area contributed by atoms with Gasteiger partial charge in [-0.2, -0.15) is 4.31 Å². The maximum absolute atomic E-state index is 13.0. The van der Waals surface area contributed by atoms with Gasteiger partial charge in [-0.05, 0) is 25.0 Å². The van der Waals surface area contributed by atoms with Gasteiger partial charge in [0.1, 0.15) is 4.90 Å². The summed E-state index contributed by atoms with van der Waals surface area (Å²) in [6.45, 7) is 2.04. The Kier molecular flexibility index (Phi) is 6.07. The summed E-state index contributed by atoms with van der Waals surface area (Å²) in [7, 11) is -7.20. The number of nitrogens with zero attached hydrogens (tertiary/aromatic N) is 1. The second-order valence-electron chi connectivity index (χ2n) is 5.37. The lowest BCUT2D eigenvalue weighted by Gasteiger charge is -2.27. The van der Waals surface area contributed by atoms with Crippen LogP contribution in [0, 0.1) is 0 Å². The normalized spacial score (nSPS) is 21.0. The van der Waals surface area contributed by atoms with Crippen molar-refractivity contribution in [2.45, 2.75) is 30.7 Å². The van der Waals surface area contributed by atoms with E-state index in [-0.39, 0.29) is 39.4 Å². The molecule has 1 aliphatic heterocycles. The van der Waals surface area contributed by atoms with Crippen LogP contribution in [0.3, 0.4) is 0 Å². The van der Waals surface area contributed by atoms with Crippen LogP contribution in [0.2, 0.25) is 10.0 Å². The highest BCUT2D eigenvalue weighted by molar-refractivity contribution is 9.10. The first-order chi connectivity index (χ1) is 10.6. The minimum atomic E-state index is -3.99. The number of hydrogen-bond acceptors (Lipinski definition) is 4. The number of benzene rings is 1. The van der Waals surface area contributed by atoms with Gasteiger partial charge in [0, 0.05) is 17.1 Å². The Bertz CT molecular complexity index is 788. The summed E-state index contributed by atoms with van der Waals surface area (Å²) in [5.41, 5.74) is 0. The molecule has 1 aromatic carbocycles. The predicted molar refractivity (Wildman–Crippen MR) is 95.4 cm³/mol. The Morgan fingerprint density at radius 3 is 2.30 bits per heavy atom. The lowest BCUT2D eigenvalue weighted by atomic mass is 10.2. The Labute approximate surface area is 155 Å². The fourth-order valence-corrected chi connectivity index (χ4v) is 8.07. The Morgan fingerprint density at radius 2 is 1.87 bits per heavy atom. The van der Waals surface area contributed by atoms with E-state index in [2.05, 4.69) is 15.9 Å². The highest BCUT2D eigenvalue weighted by Crippen LogP contribution is 2.36. The molecule has 0 aliphatic carbocycles. The molecule has 1 heterocycles. The molecule has 0 spiro atoms. The second-order valence-corrected chi connectivity index (χ2v) is 11.2. The van der Waals surface area contributed by atoms with Crippen molar-refractivity contribution in [1.82, 2.24) is 4.31 Å². The maximum atomic E-state index is 13.0. The van der Waals surface area contributed by atoms with E-state index in [0.717, 1.165) is 0 Å². The van der Waals surface area contributed by atoms with Crippen LogP contribution in [0.25, 0.3) is 0 Å². The topological polar surface area (TPSA) is 71.5 Å². The first kappa shape index (κ1) is 19.5. The van der Waals surface area contributed by atoms with Gasteiger partial charge in [-0.25, -0.2) is 16.8 Å². The van der Waals surface area contributed by atoms with Crippen molar-refractivity contribution in [1.29, 1.82) is 0 Å². The molecule has 130 valence electrons. The minimum Gasteiger partial charge on any atom is -0.229 e. The summed E-state index contributed by atoms with van der Waals surface area (Å²) in [5.74, 6) is -0.173. The first-order valence-electron chi connectivity index (χ1n) is 6.95. The molecule has 10 heteroatoms. The molecule has 1 unspecified atom stereocenters. The third kappa shape index (κ3) is 4.22. The molecular formula is C13H16BrCl2NO4S2. The van der Waals surface area contributed by atoms with Crippen LogP contribution in [-0.2, 0) is 19.9 Å². The molecule has 23 heavy (non-hydrogen) atoms. The zero-order valence-corrected chi connectivity index (χ0v) is 17.0. The van der Waals surface area contributed by atoms with Gasteiger partial charge in [-0.1, -0.05) is 46.1 Å². The Balaban J connectivity index is 2.50. The van der Waals surface area contributed by atoms with Crippen LogP contribution in [0.5, 0.6) is 0 Å². The van der Waals surface area contributed by atoms with E-state index in [9.17, 15) is 16.8 Å². The molecule has 1 fully saturated rings. The number of rotatable bonds is 5. The first-order valence-corrected chi connectivity index (χ1v) is 11.8. The molecule has 0 radical (unpaired) electrons. The smallest absolute Gasteiger partial charge is 0.229 e. The monoisotopic (exact) mass is 463 g/mol. The summed E-state index contributed by atoms with van der Waals surface area (Å²) in [6, 6.07) is 2.33. The largest absolute Gasteiger partial charge is 0.246 e. The molecule has 1 saturated heterocycles. The molecule has 1 aliphatic rings. The predicted octanol–water partition coefficient (Wildman–Crippen LogP) is 3.34. The fraction of sp³-hybridized carbons (Fsp3) is 0.538. The number of sulfone groups is 1. The number of halogens is 3. The zero-order valence-electron chi connectivity index (χ0n) is 12.3. The standard InChI is InChI=1S/C13H16BrCl2NO4S2/c1-2-4-17(10-3-5-22(18,19)8-10)23(20,21)13-11(15)6-9(14)7-12(13)16/h6-7,10H,2-5,8H2,1H3. The molecule has 1 atom stereocenters. The van der Waals surface area contributed by atoms with E-state index in [0.29, 0.717) is 10.9 Å². The van der Waals surface area contributed by atoms with Crippen LogP contribution in [0.4, 0.5) is 0 Å². The summed E-state index contributed by atoms with van der Waals surface area (Å²) >= 11 is 15.4. The summed E-state index contributed by atoms with van der Waals surface area (Å²) in [5, 5.41) is 0.0117. The van der Waals surface area contributed by atoms with E-state index in [1.165, 1.54) is 16.4 Å². The van der Waals surface area contributed by atoms with Gasteiger partial charge in [0.25, 0.3) is 0 Å². The van der Waals surface area contributed by atoms with Crippen LogP contribution in [0.1, 0.15) is 19.8 Å². The zero-order chi connectivity index (χ0) is 17.4. The van der Waals surface area contributed by atoms with E-state index in [1.54, 1.807) is 0 Å². The second kappa shape index (κ2) is 7.17. The molecule has 0 N–H and O–H groups in total. The van der Waals surface area contributed by atoms with E-state index in [4.69, 9.17) is 23.2 Å². The maximum Gasteiger partial charge on any atom is 0.246 e. The third-order valence-electron chi connectivity index (χ3n) is 3.59. The van der Waals surface area contributed by atoms with Gasteiger partial charge >= 0.3 is 0 Å².